The van der Waals surface area contributed by atoms with Crippen LogP contribution >= 0.6 is 11.6 Å². The highest BCUT2D eigenvalue weighted by atomic mass is 35.5. The number of hydrogen-bond donors (Lipinski definition) is 1. The van der Waals surface area contributed by atoms with Crippen molar-refractivity contribution in [2.45, 2.75) is 19.8 Å². The van der Waals surface area contributed by atoms with Gasteiger partial charge in [0, 0.05) is 5.71 Å². The molecule has 1 aliphatic carbocycles. The van der Waals surface area contributed by atoms with Gasteiger partial charge in [0.25, 0.3) is 0 Å². The van der Waals surface area contributed by atoms with Crippen molar-refractivity contribution in [3.8, 4) is 5.75 Å². The van der Waals surface area contributed by atoms with Crippen LogP contribution in [-0.4, -0.2) is 12.3 Å². The molecule has 1 fully saturated rings. The van der Waals surface area contributed by atoms with E-state index in [1.54, 1.807) is 13.0 Å². The minimum atomic E-state index is 0.530. The second-order valence-corrected chi connectivity index (χ2v) is 4.43. The van der Waals surface area contributed by atoms with Gasteiger partial charge in [-0.1, -0.05) is 17.7 Å². The normalized spacial score (nSPS) is 15.1. The Balaban J connectivity index is 2.12. The predicted octanol–water partition coefficient (Wildman–Crippen LogP) is 3.52. The van der Waals surface area contributed by atoms with Crippen molar-refractivity contribution < 1.29 is 4.74 Å². The van der Waals surface area contributed by atoms with Gasteiger partial charge in [-0.15, -0.1) is 0 Å². The van der Waals surface area contributed by atoms with E-state index in [0.29, 0.717) is 22.4 Å². The molecule has 0 radical (unpaired) electrons. The number of benzene rings is 1. The molecule has 1 N–H and O–H groups in total. The Hall–Kier alpha value is -1.02. The highest BCUT2D eigenvalue weighted by molar-refractivity contribution is 6.32. The lowest BCUT2D eigenvalue weighted by molar-refractivity contribution is 0.300. The van der Waals surface area contributed by atoms with Crippen LogP contribution in [0.3, 0.4) is 0 Å². The first-order valence-corrected chi connectivity index (χ1v) is 5.52. The molecule has 0 spiro atoms. The predicted molar refractivity (Wildman–Crippen MR) is 62.2 cm³/mol. The van der Waals surface area contributed by atoms with E-state index in [0.717, 1.165) is 12.2 Å². The topological polar surface area (TPSA) is 33.1 Å². The Bertz CT molecular complexity index is 385. The Morgan fingerprint density at radius 2 is 2.27 bits per heavy atom. The van der Waals surface area contributed by atoms with Crippen molar-refractivity contribution in [2.75, 3.05) is 6.61 Å². The molecule has 0 heterocycles. The first-order chi connectivity index (χ1) is 7.16. The zero-order chi connectivity index (χ0) is 10.8. The van der Waals surface area contributed by atoms with E-state index in [-0.39, 0.29) is 0 Å². The molecule has 0 saturated heterocycles. The standard InChI is InChI=1S/C12H14ClNO/c1-8(14)10-4-5-11(13)12(6-10)15-7-9-2-3-9/h4-6,9,14H,2-3,7H2,1H3. The van der Waals surface area contributed by atoms with E-state index in [4.69, 9.17) is 21.7 Å². The van der Waals surface area contributed by atoms with Crippen LogP contribution in [0.1, 0.15) is 25.3 Å². The van der Waals surface area contributed by atoms with Gasteiger partial charge in [0.15, 0.2) is 0 Å². The SMILES string of the molecule is CC(=N)c1ccc(Cl)c(OCC2CC2)c1. The molecule has 0 bridgehead atoms. The fraction of sp³-hybridized carbons (Fsp3) is 0.417. The summed E-state index contributed by atoms with van der Waals surface area (Å²) in [5.41, 5.74) is 1.40. The second kappa shape index (κ2) is 4.23. The molecule has 15 heavy (non-hydrogen) atoms. The van der Waals surface area contributed by atoms with Crippen LogP contribution in [0.25, 0.3) is 0 Å². The molecule has 0 amide bonds. The molecule has 2 rings (SSSR count). The molecule has 80 valence electrons. The highest BCUT2D eigenvalue weighted by Crippen LogP contribution is 2.32. The Morgan fingerprint density at radius 3 is 2.87 bits per heavy atom. The molecule has 1 aliphatic rings. The van der Waals surface area contributed by atoms with Gasteiger partial charge < -0.3 is 10.1 Å². The summed E-state index contributed by atoms with van der Waals surface area (Å²) in [4.78, 5) is 0. The van der Waals surface area contributed by atoms with Gasteiger partial charge >= 0.3 is 0 Å². The van der Waals surface area contributed by atoms with Gasteiger partial charge in [0.1, 0.15) is 5.75 Å². The molecule has 1 aromatic carbocycles. The fourth-order valence-electron chi connectivity index (χ4n) is 1.34. The quantitative estimate of drug-likeness (QED) is 0.779. The number of hydrogen-bond acceptors (Lipinski definition) is 2. The average Bonchev–Trinajstić information content (AvgIpc) is 3.00. The summed E-state index contributed by atoms with van der Waals surface area (Å²) in [5.74, 6) is 1.42. The van der Waals surface area contributed by atoms with Crippen molar-refractivity contribution in [3.05, 3.63) is 28.8 Å². The van der Waals surface area contributed by atoms with E-state index in [1.165, 1.54) is 12.8 Å². The molecule has 0 aliphatic heterocycles. The van der Waals surface area contributed by atoms with Gasteiger partial charge in [-0.05, 0) is 43.4 Å². The summed E-state index contributed by atoms with van der Waals surface area (Å²) in [6, 6.07) is 5.47. The maximum atomic E-state index is 7.53. The summed E-state index contributed by atoms with van der Waals surface area (Å²) in [7, 11) is 0. The summed E-state index contributed by atoms with van der Waals surface area (Å²) in [6.07, 6.45) is 2.53. The molecular weight excluding hydrogens is 210 g/mol. The van der Waals surface area contributed by atoms with E-state index in [2.05, 4.69) is 0 Å². The van der Waals surface area contributed by atoms with Gasteiger partial charge in [0.05, 0.1) is 11.6 Å². The van der Waals surface area contributed by atoms with Crippen LogP contribution < -0.4 is 4.74 Å². The third-order valence-corrected chi connectivity index (χ3v) is 2.85. The number of ether oxygens (including phenoxy) is 1. The number of nitrogens with one attached hydrogen (secondary N) is 1. The first kappa shape index (κ1) is 10.5. The third-order valence-electron chi connectivity index (χ3n) is 2.54. The molecule has 0 unspecified atom stereocenters. The van der Waals surface area contributed by atoms with Crippen molar-refractivity contribution in [1.82, 2.24) is 0 Å². The van der Waals surface area contributed by atoms with Gasteiger partial charge in [-0.3, -0.25) is 0 Å². The van der Waals surface area contributed by atoms with Gasteiger partial charge in [0.2, 0.25) is 0 Å². The van der Waals surface area contributed by atoms with Gasteiger partial charge in [-0.2, -0.15) is 0 Å². The van der Waals surface area contributed by atoms with Crippen LogP contribution in [0.15, 0.2) is 18.2 Å². The monoisotopic (exact) mass is 223 g/mol. The molecule has 1 aromatic rings. The zero-order valence-corrected chi connectivity index (χ0v) is 9.47. The minimum absolute atomic E-state index is 0.530. The smallest absolute Gasteiger partial charge is 0.138 e. The van der Waals surface area contributed by atoms with Crippen LogP contribution in [-0.2, 0) is 0 Å². The third kappa shape index (κ3) is 2.72. The van der Waals surface area contributed by atoms with Crippen LogP contribution in [0, 0.1) is 11.3 Å². The lowest BCUT2D eigenvalue weighted by Gasteiger charge is -2.08. The molecule has 0 aromatic heterocycles. The number of halogens is 1. The maximum Gasteiger partial charge on any atom is 0.138 e. The Kier molecular flexibility index (Phi) is 2.96. The van der Waals surface area contributed by atoms with Crippen LogP contribution in [0.2, 0.25) is 5.02 Å². The summed E-state index contributed by atoms with van der Waals surface area (Å²) in [5, 5.41) is 8.16. The average molecular weight is 224 g/mol. The Morgan fingerprint density at radius 1 is 1.53 bits per heavy atom. The fourth-order valence-corrected chi connectivity index (χ4v) is 1.51. The molecule has 1 saturated carbocycles. The molecule has 3 heteroatoms. The largest absolute Gasteiger partial charge is 0.492 e. The van der Waals surface area contributed by atoms with E-state index >= 15 is 0 Å². The van der Waals surface area contributed by atoms with Crippen molar-refractivity contribution >= 4 is 17.3 Å². The van der Waals surface area contributed by atoms with E-state index in [1.807, 2.05) is 12.1 Å². The zero-order valence-electron chi connectivity index (χ0n) is 8.72. The summed E-state index contributed by atoms with van der Waals surface area (Å²) >= 11 is 6.01. The van der Waals surface area contributed by atoms with Gasteiger partial charge in [-0.25, -0.2) is 0 Å². The van der Waals surface area contributed by atoms with Crippen molar-refractivity contribution in [1.29, 1.82) is 5.41 Å². The molecule has 2 nitrogen and oxygen atoms in total. The summed E-state index contributed by atoms with van der Waals surface area (Å²) in [6.45, 7) is 2.51. The van der Waals surface area contributed by atoms with Crippen molar-refractivity contribution in [2.24, 2.45) is 5.92 Å². The van der Waals surface area contributed by atoms with Crippen molar-refractivity contribution in [3.63, 3.8) is 0 Å². The maximum absolute atomic E-state index is 7.53. The molecule has 0 atom stereocenters. The minimum Gasteiger partial charge on any atom is -0.492 e. The lowest BCUT2D eigenvalue weighted by Crippen LogP contribution is -2.01. The second-order valence-electron chi connectivity index (χ2n) is 4.02. The summed E-state index contributed by atoms with van der Waals surface area (Å²) < 4.78 is 5.62. The lowest BCUT2D eigenvalue weighted by atomic mass is 10.1. The van der Waals surface area contributed by atoms with Crippen LogP contribution in [0.4, 0.5) is 0 Å². The highest BCUT2D eigenvalue weighted by Gasteiger charge is 2.22. The first-order valence-electron chi connectivity index (χ1n) is 5.14. The molecular formula is C12H14ClNO. The number of rotatable bonds is 4. The Labute approximate surface area is 94.7 Å². The van der Waals surface area contributed by atoms with E-state index < -0.39 is 0 Å². The van der Waals surface area contributed by atoms with E-state index in [9.17, 15) is 0 Å². The van der Waals surface area contributed by atoms with Crippen LogP contribution in [0.5, 0.6) is 5.75 Å².